The number of aryl methyl sites for hydroxylation is 1. The first-order chi connectivity index (χ1) is 9.81. The quantitative estimate of drug-likeness (QED) is 0.856. The lowest BCUT2D eigenvalue weighted by Gasteiger charge is -2.16. The second kappa shape index (κ2) is 5.82. The Morgan fingerprint density at radius 2 is 1.95 bits per heavy atom. The summed E-state index contributed by atoms with van der Waals surface area (Å²) in [6.07, 6.45) is 8.16. The van der Waals surface area contributed by atoms with Gasteiger partial charge in [0.25, 0.3) is 0 Å². The van der Waals surface area contributed by atoms with Gasteiger partial charge in [-0.15, -0.1) is 0 Å². The number of hydrogen-bond donors (Lipinski definition) is 0. The van der Waals surface area contributed by atoms with Gasteiger partial charge in [-0.2, -0.15) is 0 Å². The second-order valence-corrected chi connectivity index (χ2v) is 5.01. The van der Waals surface area contributed by atoms with E-state index in [1.807, 2.05) is 37.3 Å². The molecule has 0 amide bonds. The number of rotatable bonds is 3. The van der Waals surface area contributed by atoms with Crippen molar-refractivity contribution >= 4 is 18.0 Å². The maximum absolute atomic E-state index is 4.63. The lowest BCUT2D eigenvalue weighted by Crippen LogP contribution is -2.19. The van der Waals surface area contributed by atoms with Crippen molar-refractivity contribution in [2.45, 2.75) is 19.8 Å². The number of nitrogens with zero attached hydrogens (tertiary/aromatic N) is 4. The zero-order valence-electron chi connectivity index (χ0n) is 11.7. The smallest absolute Gasteiger partial charge is 0.154 e. The summed E-state index contributed by atoms with van der Waals surface area (Å²) in [6, 6.07) is 7.91. The molecule has 0 unspecified atom stereocenters. The molecule has 4 nitrogen and oxygen atoms in total. The van der Waals surface area contributed by atoms with E-state index in [4.69, 9.17) is 0 Å². The largest absolute Gasteiger partial charge is 0.356 e. The molecule has 0 saturated carbocycles. The summed E-state index contributed by atoms with van der Waals surface area (Å²) >= 11 is 0. The van der Waals surface area contributed by atoms with Crippen LogP contribution in [0.3, 0.4) is 0 Å². The Morgan fingerprint density at radius 3 is 2.70 bits per heavy atom. The molecule has 0 N–H and O–H groups in total. The molecule has 102 valence electrons. The van der Waals surface area contributed by atoms with E-state index < -0.39 is 0 Å². The molecule has 0 aromatic carbocycles. The van der Waals surface area contributed by atoms with E-state index in [0.29, 0.717) is 0 Å². The Labute approximate surface area is 119 Å². The van der Waals surface area contributed by atoms with Crippen LogP contribution in [0.1, 0.15) is 30.1 Å². The number of anilines is 1. The van der Waals surface area contributed by atoms with Gasteiger partial charge >= 0.3 is 0 Å². The summed E-state index contributed by atoms with van der Waals surface area (Å²) in [4.78, 5) is 15.7. The van der Waals surface area contributed by atoms with Gasteiger partial charge in [0.15, 0.2) is 5.82 Å². The van der Waals surface area contributed by atoms with Crippen molar-refractivity contribution in [1.82, 2.24) is 15.0 Å². The summed E-state index contributed by atoms with van der Waals surface area (Å²) < 4.78 is 0. The molecule has 2 aromatic rings. The molecule has 3 heterocycles. The molecule has 1 fully saturated rings. The van der Waals surface area contributed by atoms with E-state index in [-0.39, 0.29) is 0 Å². The van der Waals surface area contributed by atoms with Gasteiger partial charge in [0, 0.05) is 31.0 Å². The van der Waals surface area contributed by atoms with E-state index in [1.165, 1.54) is 12.8 Å². The highest BCUT2D eigenvalue weighted by Gasteiger charge is 2.14. The molecular weight excluding hydrogens is 248 g/mol. The molecule has 1 aliphatic rings. The van der Waals surface area contributed by atoms with Crippen molar-refractivity contribution in [3.8, 4) is 0 Å². The zero-order valence-corrected chi connectivity index (χ0v) is 11.7. The van der Waals surface area contributed by atoms with Crippen molar-refractivity contribution < 1.29 is 0 Å². The maximum atomic E-state index is 4.63. The van der Waals surface area contributed by atoms with Crippen LogP contribution in [0, 0.1) is 6.92 Å². The lowest BCUT2D eigenvalue weighted by molar-refractivity contribution is 0.915. The summed E-state index contributed by atoms with van der Waals surface area (Å²) in [7, 11) is 0. The summed E-state index contributed by atoms with van der Waals surface area (Å²) in [5.41, 5.74) is 1.92. The van der Waals surface area contributed by atoms with Crippen LogP contribution in [0.15, 0.2) is 30.5 Å². The third kappa shape index (κ3) is 3.02. The molecule has 20 heavy (non-hydrogen) atoms. The Morgan fingerprint density at radius 1 is 1.10 bits per heavy atom. The molecule has 3 rings (SSSR count). The van der Waals surface area contributed by atoms with Crippen molar-refractivity contribution in [2.24, 2.45) is 0 Å². The van der Waals surface area contributed by atoms with Gasteiger partial charge < -0.3 is 4.90 Å². The fraction of sp³-hybridized carbons (Fsp3) is 0.312. The first kappa shape index (κ1) is 12.8. The van der Waals surface area contributed by atoms with Crippen LogP contribution in [0.25, 0.3) is 12.2 Å². The zero-order chi connectivity index (χ0) is 13.8. The Balaban J connectivity index is 1.84. The number of aromatic nitrogens is 3. The molecule has 0 radical (unpaired) electrons. The van der Waals surface area contributed by atoms with Gasteiger partial charge in [0.2, 0.25) is 0 Å². The standard InChI is InChI=1S/C16H18N4/c1-13-12-16(20-10-4-5-11-20)19-15(18-13)8-7-14-6-2-3-9-17-14/h2-3,6-9,12H,4-5,10-11H2,1H3. The van der Waals surface area contributed by atoms with Gasteiger partial charge in [-0.25, -0.2) is 9.97 Å². The predicted octanol–water partition coefficient (Wildman–Crippen LogP) is 2.95. The Hall–Kier alpha value is -2.23. The molecule has 0 spiro atoms. The third-order valence-electron chi connectivity index (χ3n) is 3.38. The highest BCUT2D eigenvalue weighted by atomic mass is 15.2. The number of pyridine rings is 1. The minimum atomic E-state index is 0.748. The third-order valence-corrected chi connectivity index (χ3v) is 3.38. The van der Waals surface area contributed by atoms with E-state index >= 15 is 0 Å². The summed E-state index contributed by atoms with van der Waals surface area (Å²) in [6.45, 7) is 4.21. The Kier molecular flexibility index (Phi) is 3.72. The molecule has 1 saturated heterocycles. The van der Waals surface area contributed by atoms with Crippen LogP contribution in [-0.4, -0.2) is 28.0 Å². The minimum Gasteiger partial charge on any atom is -0.356 e. The van der Waals surface area contributed by atoms with E-state index in [1.54, 1.807) is 6.20 Å². The van der Waals surface area contributed by atoms with Gasteiger partial charge in [-0.05, 0) is 44.1 Å². The van der Waals surface area contributed by atoms with Crippen molar-refractivity contribution in [3.05, 3.63) is 47.7 Å². The molecule has 1 aliphatic heterocycles. The van der Waals surface area contributed by atoms with Crippen LogP contribution in [-0.2, 0) is 0 Å². The monoisotopic (exact) mass is 266 g/mol. The van der Waals surface area contributed by atoms with Crippen molar-refractivity contribution in [1.29, 1.82) is 0 Å². The molecule has 0 atom stereocenters. The minimum absolute atomic E-state index is 0.748. The van der Waals surface area contributed by atoms with Gasteiger partial charge in [0.1, 0.15) is 5.82 Å². The molecule has 0 bridgehead atoms. The topological polar surface area (TPSA) is 41.9 Å². The van der Waals surface area contributed by atoms with Crippen LogP contribution >= 0.6 is 0 Å². The van der Waals surface area contributed by atoms with E-state index in [9.17, 15) is 0 Å². The summed E-state index contributed by atoms with van der Waals surface area (Å²) in [5.74, 6) is 1.79. The molecule has 4 heteroatoms. The SMILES string of the molecule is Cc1cc(N2CCCC2)nc(C=Cc2ccccn2)n1. The summed E-state index contributed by atoms with van der Waals surface area (Å²) in [5, 5.41) is 0. The first-order valence-electron chi connectivity index (χ1n) is 7.01. The van der Waals surface area contributed by atoms with E-state index in [0.717, 1.165) is 36.1 Å². The van der Waals surface area contributed by atoms with Crippen LogP contribution in [0.2, 0.25) is 0 Å². The van der Waals surface area contributed by atoms with Crippen LogP contribution in [0.4, 0.5) is 5.82 Å². The average molecular weight is 266 g/mol. The maximum Gasteiger partial charge on any atom is 0.154 e. The Bertz CT molecular complexity index is 601. The highest BCUT2D eigenvalue weighted by molar-refractivity contribution is 5.65. The van der Waals surface area contributed by atoms with Crippen molar-refractivity contribution in [3.63, 3.8) is 0 Å². The van der Waals surface area contributed by atoms with E-state index in [2.05, 4.69) is 25.9 Å². The predicted molar refractivity (Wildman–Crippen MR) is 81.4 cm³/mol. The fourth-order valence-electron chi connectivity index (χ4n) is 2.39. The highest BCUT2D eigenvalue weighted by Crippen LogP contribution is 2.19. The number of hydrogen-bond acceptors (Lipinski definition) is 4. The molecular formula is C16H18N4. The molecule has 2 aromatic heterocycles. The second-order valence-electron chi connectivity index (χ2n) is 5.01. The van der Waals surface area contributed by atoms with Gasteiger partial charge in [0.05, 0.1) is 5.69 Å². The normalized spacial score (nSPS) is 15.2. The van der Waals surface area contributed by atoms with Gasteiger partial charge in [-0.1, -0.05) is 6.07 Å². The van der Waals surface area contributed by atoms with Crippen LogP contribution in [0.5, 0.6) is 0 Å². The van der Waals surface area contributed by atoms with Crippen LogP contribution < -0.4 is 4.90 Å². The average Bonchev–Trinajstić information content (AvgIpc) is 3.00. The molecule has 0 aliphatic carbocycles. The van der Waals surface area contributed by atoms with Crippen molar-refractivity contribution in [2.75, 3.05) is 18.0 Å². The fourth-order valence-corrected chi connectivity index (χ4v) is 2.39. The first-order valence-corrected chi connectivity index (χ1v) is 7.01. The lowest BCUT2D eigenvalue weighted by atomic mass is 10.3. The van der Waals surface area contributed by atoms with Gasteiger partial charge in [-0.3, -0.25) is 4.98 Å².